The van der Waals surface area contributed by atoms with Gasteiger partial charge < -0.3 is 15.0 Å². The lowest BCUT2D eigenvalue weighted by Gasteiger charge is -2.26. The fraction of sp³-hybridized carbons (Fsp3) is 0.400. The number of benzene rings is 1. The largest absolute Gasteiger partial charge is 0.497 e. The number of carbonyl (C=O) groups excluding carboxylic acids is 2. The van der Waals surface area contributed by atoms with Crippen molar-refractivity contribution in [1.29, 1.82) is 0 Å². The molecule has 1 aliphatic rings. The minimum absolute atomic E-state index is 0.0582. The van der Waals surface area contributed by atoms with Crippen molar-refractivity contribution in [2.24, 2.45) is 0 Å². The second-order valence-corrected chi connectivity index (χ2v) is 6.58. The van der Waals surface area contributed by atoms with Gasteiger partial charge in [-0.1, -0.05) is 12.1 Å². The molecule has 2 amide bonds. The first-order valence-electron chi connectivity index (χ1n) is 9.15. The van der Waals surface area contributed by atoms with Gasteiger partial charge in [-0.3, -0.25) is 9.59 Å². The van der Waals surface area contributed by atoms with E-state index in [2.05, 4.69) is 15.3 Å². The smallest absolute Gasteiger partial charge is 0.274 e. The van der Waals surface area contributed by atoms with Gasteiger partial charge in [0.2, 0.25) is 0 Å². The highest BCUT2D eigenvalue weighted by molar-refractivity contribution is 6.04. The Morgan fingerprint density at radius 3 is 2.52 bits per heavy atom. The molecular weight excluding hydrogens is 344 g/mol. The Labute approximate surface area is 158 Å². The van der Waals surface area contributed by atoms with Gasteiger partial charge in [-0.15, -0.1) is 0 Å². The van der Waals surface area contributed by atoms with Crippen LogP contribution in [0.1, 0.15) is 58.8 Å². The standard InChI is InChI=1S/C20H24N4O3/c1-14(15-7-6-8-16(13-15)27-2)23-19(25)17-18(22-10-9-21-17)20(26)24-11-4-3-5-12-24/h6-10,13-14H,3-5,11-12H2,1-2H3,(H,23,25)/t14-/m1/s1. The van der Waals surface area contributed by atoms with Gasteiger partial charge in [0.25, 0.3) is 11.8 Å². The fourth-order valence-electron chi connectivity index (χ4n) is 3.17. The lowest BCUT2D eigenvalue weighted by atomic mass is 10.1. The Hall–Kier alpha value is -2.96. The fourth-order valence-corrected chi connectivity index (χ4v) is 3.17. The Morgan fingerprint density at radius 2 is 1.81 bits per heavy atom. The number of aromatic nitrogens is 2. The highest BCUT2D eigenvalue weighted by Gasteiger charge is 2.26. The minimum Gasteiger partial charge on any atom is -0.497 e. The van der Waals surface area contributed by atoms with Gasteiger partial charge in [0, 0.05) is 25.5 Å². The molecule has 1 saturated heterocycles. The van der Waals surface area contributed by atoms with Crippen LogP contribution in [-0.4, -0.2) is 46.9 Å². The van der Waals surface area contributed by atoms with Crippen LogP contribution in [0.25, 0.3) is 0 Å². The number of hydrogen-bond donors (Lipinski definition) is 1. The number of amides is 2. The summed E-state index contributed by atoms with van der Waals surface area (Å²) in [5.74, 6) is 0.0647. The predicted octanol–water partition coefficient (Wildman–Crippen LogP) is 2.60. The van der Waals surface area contributed by atoms with Crippen LogP contribution in [0.2, 0.25) is 0 Å². The minimum atomic E-state index is -0.418. The molecule has 0 radical (unpaired) electrons. The molecule has 0 spiro atoms. The zero-order chi connectivity index (χ0) is 19.2. The monoisotopic (exact) mass is 368 g/mol. The molecule has 27 heavy (non-hydrogen) atoms. The second-order valence-electron chi connectivity index (χ2n) is 6.58. The molecule has 2 heterocycles. The van der Waals surface area contributed by atoms with Gasteiger partial charge in [0.05, 0.1) is 13.2 Å². The summed E-state index contributed by atoms with van der Waals surface area (Å²) in [7, 11) is 1.60. The van der Waals surface area contributed by atoms with Crippen molar-refractivity contribution in [3.63, 3.8) is 0 Å². The van der Waals surface area contributed by atoms with Crippen LogP contribution in [-0.2, 0) is 0 Å². The molecule has 1 aromatic heterocycles. The summed E-state index contributed by atoms with van der Waals surface area (Å²) in [5.41, 5.74) is 1.06. The van der Waals surface area contributed by atoms with Crippen molar-refractivity contribution >= 4 is 11.8 Å². The van der Waals surface area contributed by atoms with Crippen LogP contribution in [0.3, 0.4) is 0 Å². The third kappa shape index (κ3) is 4.42. The maximum absolute atomic E-state index is 12.8. The Morgan fingerprint density at radius 1 is 1.11 bits per heavy atom. The van der Waals surface area contributed by atoms with E-state index in [1.165, 1.54) is 12.4 Å². The molecule has 1 fully saturated rings. The summed E-state index contributed by atoms with van der Waals surface area (Å²) in [6, 6.07) is 7.21. The lowest BCUT2D eigenvalue weighted by Crippen LogP contribution is -2.38. The number of ether oxygens (including phenoxy) is 1. The van der Waals surface area contributed by atoms with Crippen LogP contribution >= 0.6 is 0 Å². The predicted molar refractivity (Wildman–Crippen MR) is 101 cm³/mol. The summed E-state index contributed by atoms with van der Waals surface area (Å²) in [6.07, 6.45) is 5.94. The van der Waals surface area contributed by atoms with Gasteiger partial charge >= 0.3 is 0 Å². The van der Waals surface area contributed by atoms with Crippen molar-refractivity contribution in [1.82, 2.24) is 20.2 Å². The first kappa shape index (κ1) is 18.8. The van der Waals surface area contributed by atoms with Gasteiger partial charge in [0.15, 0.2) is 11.4 Å². The molecular formula is C20H24N4O3. The summed E-state index contributed by atoms with van der Waals surface area (Å²) in [5, 5.41) is 2.89. The van der Waals surface area contributed by atoms with Gasteiger partial charge in [0.1, 0.15) is 5.75 Å². The van der Waals surface area contributed by atoms with Crippen molar-refractivity contribution < 1.29 is 14.3 Å². The first-order chi connectivity index (χ1) is 13.1. The maximum atomic E-state index is 12.8. The highest BCUT2D eigenvalue weighted by Crippen LogP contribution is 2.20. The molecule has 1 N–H and O–H groups in total. The van der Waals surface area contributed by atoms with E-state index in [-0.39, 0.29) is 23.3 Å². The first-order valence-corrected chi connectivity index (χ1v) is 9.15. The van der Waals surface area contributed by atoms with Crippen LogP contribution in [0.15, 0.2) is 36.7 Å². The summed E-state index contributed by atoms with van der Waals surface area (Å²) in [6.45, 7) is 3.25. The van der Waals surface area contributed by atoms with Crippen LogP contribution in [0.5, 0.6) is 5.75 Å². The number of piperidine rings is 1. The number of nitrogens with zero attached hydrogens (tertiary/aromatic N) is 3. The average molecular weight is 368 g/mol. The van der Waals surface area contributed by atoms with Crippen molar-refractivity contribution in [3.05, 3.63) is 53.6 Å². The van der Waals surface area contributed by atoms with Crippen molar-refractivity contribution in [2.75, 3.05) is 20.2 Å². The van der Waals surface area contributed by atoms with E-state index in [1.807, 2.05) is 31.2 Å². The maximum Gasteiger partial charge on any atom is 0.274 e. The topological polar surface area (TPSA) is 84.4 Å². The number of likely N-dealkylation sites (tertiary alicyclic amines) is 1. The molecule has 2 aromatic rings. The Bertz CT molecular complexity index is 818. The molecule has 0 bridgehead atoms. The number of hydrogen-bond acceptors (Lipinski definition) is 5. The van der Waals surface area contributed by atoms with Gasteiger partial charge in [-0.25, -0.2) is 9.97 Å². The average Bonchev–Trinajstić information content (AvgIpc) is 2.73. The molecule has 1 aromatic carbocycles. The van der Waals surface area contributed by atoms with Crippen molar-refractivity contribution in [3.8, 4) is 5.75 Å². The Kier molecular flexibility index (Phi) is 6.01. The summed E-state index contributed by atoms with van der Waals surface area (Å²) < 4.78 is 5.23. The zero-order valence-corrected chi connectivity index (χ0v) is 15.6. The van der Waals surface area contributed by atoms with E-state index < -0.39 is 5.91 Å². The van der Waals surface area contributed by atoms with E-state index in [0.29, 0.717) is 18.8 Å². The zero-order valence-electron chi connectivity index (χ0n) is 15.6. The Balaban J connectivity index is 1.77. The van der Waals surface area contributed by atoms with Gasteiger partial charge in [-0.2, -0.15) is 0 Å². The second kappa shape index (κ2) is 8.62. The van der Waals surface area contributed by atoms with Gasteiger partial charge in [-0.05, 0) is 43.9 Å². The number of rotatable bonds is 5. The van der Waals surface area contributed by atoms with Crippen LogP contribution < -0.4 is 10.1 Å². The number of nitrogens with one attached hydrogen (secondary N) is 1. The molecule has 1 atom stereocenters. The van der Waals surface area contributed by atoms with E-state index in [4.69, 9.17) is 4.74 Å². The summed E-state index contributed by atoms with van der Waals surface area (Å²) >= 11 is 0. The highest BCUT2D eigenvalue weighted by atomic mass is 16.5. The lowest BCUT2D eigenvalue weighted by molar-refractivity contribution is 0.0710. The molecule has 7 heteroatoms. The SMILES string of the molecule is COc1cccc([C@@H](C)NC(=O)c2nccnc2C(=O)N2CCCCC2)c1. The van der Waals surface area contributed by atoms with Crippen LogP contribution in [0, 0.1) is 0 Å². The molecule has 7 nitrogen and oxygen atoms in total. The van der Waals surface area contributed by atoms with E-state index >= 15 is 0 Å². The number of carbonyl (C=O) groups is 2. The van der Waals surface area contributed by atoms with E-state index in [1.54, 1.807) is 12.0 Å². The van der Waals surface area contributed by atoms with E-state index in [9.17, 15) is 9.59 Å². The van der Waals surface area contributed by atoms with Crippen molar-refractivity contribution in [2.45, 2.75) is 32.2 Å². The molecule has 0 saturated carbocycles. The van der Waals surface area contributed by atoms with E-state index in [0.717, 1.165) is 24.8 Å². The number of methoxy groups -OCH3 is 1. The molecule has 0 aliphatic carbocycles. The molecule has 0 unspecified atom stereocenters. The molecule has 1 aliphatic heterocycles. The summed E-state index contributed by atoms with van der Waals surface area (Å²) in [4.78, 5) is 35.6. The third-order valence-corrected chi connectivity index (χ3v) is 4.70. The van der Waals surface area contributed by atoms with Crippen LogP contribution in [0.4, 0.5) is 0 Å². The molecule has 3 rings (SSSR count). The normalized spacial score (nSPS) is 15.1. The molecule has 142 valence electrons. The third-order valence-electron chi connectivity index (χ3n) is 4.70. The quantitative estimate of drug-likeness (QED) is 0.877.